The number of alkyl halides is 12. The fourth-order valence-electron chi connectivity index (χ4n) is 5.64. The van der Waals surface area contributed by atoms with E-state index in [1.165, 1.54) is 6.08 Å². The molecule has 208 valence electrons. The van der Waals surface area contributed by atoms with Gasteiger partial charge in [-0.1, -0.05) is 24.3 Å². The molecule has 36 heavy (non-hydrogen) atoms. The quantitative estimate of drug-likeness (QED) is 0.263. The van der Waals surface area contributed by atoms with E-state index in [9.17, 15) is 52.7 Å². The van der Waals surface area contributed by atoms with Gasteiger partial charge in [-0.25, -0.2) is 0 Å². The monoisotopic (exact) mass is 548 g/mol. The van der Waals surface area contributed by atoms with Crippen LogP contribution >= 0.6 is 0 Å². The lowest BCUT2D eigenvalue weighted by molar-refractivity contribution is -0.386. The number of ether oxygens (including phenoxy) is 2. The highest BCUT2D eigenvalue weighted by Gasteiger charge is 2.72. The summed E-state index contributed by atoms with van der Waals surface area (Å²) in [5.74, 6) is -5.05. The minimum atomic E-state index is -5.59. The van der Waals surface area contributed by atoms with Crippen LogP contribution in [0, 0.1) is 35.5 Å². The third-order valence-corrected chi connectivity index (χ3v) is 7.45. The Morgan fingerprint density at radius 2 is 1.14 bits per heavy atom. The van der Waals surface area contributed by atoms with Gasteiger partial charge in [-0.15, -0.1) is 0 Å². The Kier molecular flexibility index (Phi) is 7.85. The van der Waals surface area contributed by atoms with Gasteiger partial charge in [0.15, 0.2) is 5.92 Å². The molecule has 4 aliphatic carbocycles. The third kappa shape index (κ3) is 5.68. The van der Waals surface area contributed by atoms with E-state index < -0.39 is 60.8 Å². The summed E-state index contributed by atoms with van der Waals surface area (Å²) >= 11 is 0. The number of fused-ring (bicyclic) bond motifs is 4. The lowest BCUT2D eigenvalue weighted by Crippen LogP contribution is -2.61. The topological polar surface area (TPSA) is 18.5 Å². The maximum Gasteiger partial charge on any atom is 0.428 e. The first-order valence-corrected chi connectivity index (χ1v) is 11.1. The van der Waals surface area contributed by atoms with Crippen molar-refractivity contribution in [2.24, 2.45) is 35.5 Å². The lowest BCUT2D eigenvalue weighted by atomic mass is 9.81. The van der Waals surface area contributed by atoms with Gasteiger partial charge in [0.25, 0.3) is 5.60 Å². The fourth-order valence-corrected chi connectivity index (χ4v) is 5.64. The Morgan fingerprint density at radius 3 is 1.44 bits per heavy atom. The molecule has 6 atom stereocenters. The Labute approximate surface area is 198 Å². The van der Waals surface area contributed by atoms with Gasteiger partial charge in [0, 0.05) is 13.0 Å². The van der Waals surface area contributed by atoms with E-state index in [4.69, 9.17) is 4.74 Å². The van der Waals surface area contributed by atoms with E-state index >= 15 is 0 Å². The van der Waals surface area contributed by atoms with E-state index in [0.717, 1.165) is 6.42 Å². The molecule has 0 saturated heterocycles. The van der Waals surface area contributed by atoms with Crippen LogP contribution in [0.1, 0.15) is 25.7 Å². The second kappa shape index (κ2) is 9.70. The van der Waals surface area contributed by atoms with Crippen LogP contribution in [-0.4, -0.2) is 50.1 Å². The van der Waals surface area contributed by atoms with E-state index in [-0.39, 0.29) is 24.2 Å². The predicted octanol–water partition coefficient (Wildman–Crippen LogP) is 7.42. The highest BCUT2D eigenvalue weighted by Crippen LogP contribution is 2.55. The number of halogens is 12. The van der Waals surface area contributed by atoms with Crippen molar-refractivity contribution < 1.29 is 62.2 Å². The Bertz CT molecular complexity index is 795. The van der Waals surface area contributed by atoms with E-state index in [1.54, 1.807) is 12.2 Å². The summed E-state index contributed by atoms with van der Waals surface area (Å²) in [5, 5.41) is 0. The predicted molar refractivity (Wildman–Crippen MR) is 101 cm³/mol. The molecule has 0 heterocycles. The molecule has 0 aromatic heterocycles. The summed E-state index contributed by atoms with van der Waals surface area (Å²) in [5.41, 5.74) is -4.27. The zero-order valence-electron chi connectivity index (χ0n) is 18.7. The van der Waals surface area contributed by atoms with Gasteiger partial charge >= 0.3 is 24.7 Å². The zero-order chi connectivity index (χ0) is 27.3. The maximum absolute atomic E-state index is 12.8. The average molecular weight is 548 g/mol. The Balaban J connectivity index is 0.000000205. The van der Waals surface area contributed by atoms with Gasteiger partial charge < -0.3 is 9.47 Å². The van der Waals surface area contributed by atoms with Gasteiger partial charge in [-0.3, -0.25) is 0 Å². The van der Waals surface area contributed by atoms with Crippen LogP contribution in [0.2, 0.25) is 0 Å². The maximum atomic E-state index is 12.8. The standard InChI is InChI=1S/C12H14F6O2.C10H10F6/c1-19-10(11(13,14)15,12(16,17)18)6-20-9-5-7-2-3-8(9)4-7;11-9(12,13)8(10(14,15)16)7-4-5-1-2-6(7)3-5/h2-3,7-9H,4-6H2,1H3;1-2,5-8H,3-4H2. The average Bonchev–Trinajstić information content (AvgIpc) is 3.47. The minimum absolute atomic E-state index is 0.00481. The molecule has 0 radical (unpaired) electrons. The summed E-state index contributed by atoms with van der Waals surface area (Å²) < 4.78 is 160. The molecule has 0 aromatic carbocycles. The number of hydrogen-bond donors (Lipinski definition) is 0. The summed E-state index contributed by atoms with van der Waals surface area (Å²) in [7, 11) is 0.394. The van der Waals surface area contributed by atoms with Crippen molar-refractivity contribution in [1.29, 1.82) is 0 Å². The van der Waals surface area contributed by atoms with Gasteiger partial charge in [0.05, 0.1) is 12.7 Å². The molecule has 0 amide bonds. The molecule has 2 nitrogen and oxygen atoms in total. The van der Waals surface area contributed by atoms with Crippen LogP contribution in [-0.2, 0) is 9.47 Å². The molecule has 4 bridgehead atoms. The van der Waals surface area contributed by atoms with Crippen LogP contribution in [0.25, 0.3) is 0 Å². The Morgan fingerprint density at radius 1 is 0.667 bits per heavy atom. The highest BCUT2D eigenvalue weighted by atomic mass is 19.4. The Hall–Kier alpha value is -1.44. The van der Waals surface area contributed by atoms with Gasteiger partial charge in [-0.05, 0) is 49.4 Å². The van der Waals surface area contributed by atoms with Crippen molar-refractivity contribution in [1.82, 2.24) is 0 Å². The van der Waals surface area contributed by atoms with Gasteiger partial charge in [-0.2, -0.15) is 52.7 Å². The van der Waals surface area contributed by atoms with Crippen molar-refractivity contribution in [2.75, 3.05) is 13.7 Å². The van der Waals surface area contributed by atoms with Crippen molar-refractivity contribution in [3.8, 4) is 0 Å². The number of methoxy groups -OCH3 is 1. The third-order valence-electron chi connectivity index (χ3n) is 7.45. The molecule has 2 saturated carbocycles. The number of allylic oxidation sites excluding steroid dienone is 3. The smallest absolute Gasteiger partial charge is 0.374 e. The zero-order valence-corrected chi connectivity index (χ0v) is 18.7. The lowest BCUT2D eigenvalue weighted by Gasteiger charge is -2.36. The normalized spacial score (nSPS) is 31.9. The van der Waals surface area contributed by atoms with E-state index in [2.05, 4.69) is 4.74 Å². The van der Waals surface area contributed by atoms with E-state index in [1.807, 2.05) is 6.08 Å². The van der Waals surface area contributed by atoms with Crippen molar-refractivity contribution in [3.05, 3.63) is 24.3 Å². The molecule has 6 unspecified atom stereocenters. The van der Waals surface area contributed by atoms with Crippen LogP contribution < -0.4 is 0 Å². The molecule has 4 aliphatic rings. The molecule has 0 aliphatic heterocycles. The molecule has 2 fully saturated rings. The van der Waals surface area contributed by atoms with Crippen molar-refractivity contribution in [3.63, 3.8) is 0 Å². The first-order chi connectivity index (χ1) is 16.3. The molecule has 0 spiro atoms. The van der Waals surface area contributed by atoms with Crippen LogP contribution in [0.5, 0.6) is 0 Å². The van der Waals surface area contributed by atoms with Crippen LogP contribution in [0.3, 0.4) is 0 Å². The molecule has 0 aromatic rings. The van der Waals surface area contributed by atoms with Gasteiger partial charge in [0.2, 0.25) is 0 Å². The molecular weight excluding hydrogens is 524 g/mol. The first-order valence-electron chi connectivity index (χ1n) is 11.1. The minimum Gasteiger partial charge on any atom is -0.374 e. The first kappa shape index (κ1) is 29.1. The van der Waals surface area contributed by atoms with Crippen molar-refractivity contribution >= 4 is 0 Å². The summed E-state index contributed by atoms with van der Waals surface area (Å²) in [6.07, 6.45) is -13.6. The number of hydrogen-bond acceptors (Lipinski definition) is 2. The SMILES string of the molecule is COC(COC1CC2C=CC1C2)(C(F)(F)F)C(F)(F)F.FC(F)(F)C(C1CC2C=CC1C2)C(F)(F)F. The van der Waals surface area contributed by atoms with Gasteiger partial charge in [0.1, 0.15) is 0 Å². The van der Waals surface area contributed by atoms with Crippen LogP contribution in [0.4, 0.5) is 52.7 Å². The van der Waals surface area contributed by atoms with Crippen LogP contribution in [0.15, 0.2) is 24.3 Å². The number of rotatable bonds is 5. The molecule has 14 heteroatoms. The fraction of sp³-hybridized carbons (Fsp3) is 0.818. The summed E-state index contributed by atoms with van der Waals surface area (Å²) in [6, 6.07) is 0. The molecule has 4 rings (SSSR count). The van der Waals surface area contributed by atoms with E-state index in [0.29, 0.717) is 20.0 Å². The largest absolute Gasteiger partial charge is 0.428 e. The molecule has 0 N–H and O–H groups in total. The summed E-state index contributed by atoms with van der Waals surface area (Å²) in [4.78, 5) is 0. The summed E-state index contributed by atoms with van der Waals surface area (Å²) in [6.45, 7) is -1.57. The molecular formula is C22H24F12O2. The highest BCUT2D eigenvalue weighted by molar-refractivity contribution is 5.13. The second-order valence-corrected chi connectivity index (χ2v) is 9.66. The van der Waals surface area contributed by atoms with Crippen molar-refractivity contribution in [2.45, 2.75) is 62.1 Å². The second-order valence-electron chi connectivity index (χ2n) is 9.66.